The van der Waals surface area contributed by atoms with Gasteiger partial charge in [-0.25, -0.2) is 0 Å². The Hall–Kier alpha value is -0.153. The molecular weight excluding hydrogens is 204 g/mol. The molecule has 88 valence electrons. The van der Waals surface area contributed by atoms with Crippen molar-refractivity contribution in [3.05, 3.63) is 0 Å². The van der Waals surface area contributed by atoms with Crippen molar-refractivity contribution in [2.45, 2.75) is 65.1 Å². The van der Waals surface area contributed by atoms with Crippen LogP contribution in [0.15, 0.2) is 0 Å². The van der Waals surface area contributed by atoms with Crippen molar-refractivity contribution in [2.75, 3.05) is 0 Å². The maximum absolute atomic E-state index is 12.2. The first-order valence-electron chi connectivity index (χ1n) is 6.01. The lowest BCUT2D eigenvalue weighted by Crippen LogP contribution is -2.55. The highest BCUT2D eigenvalue weighted by molar-refractivity contribution is 6.48. The highest BCUT2D eigenvalue weighted by Gasteiger charge is 2.50. The van der Waals surface area contributed by atoms with Crippen LogP contribution in [0.2, 0.25) is 13.1 Å². The fraction of sp³-hybridized carbons (Fsp3) is 0.917. The van der Waals surface area contributed by atoms with E-state index in [0.29, 0.717) is 12.2 Å². The van der Waals surface area contributed by atoms with Gasteiger partial charge >= 0.3 is 0 Å². The summed E-state index contributed by atoms with van der Waals surface area (Å²) < 4.78 is 6.14. The molecule has 1 unspecified atom stereocenters. The van der Waals surface area contributed by atoms with Crippen molar-refractivity contribution in [2.24, 2.45) is 5.41 Å². The molecule has 0 aromatic rings. The number of carbonyl (C=O) groups excluding carboxylic acids is 1. The number of carbonyl (C=O) groups is 1. The van der Waals surface area contributed by atoms with Gasteiger partial charge in [-0.05, 0) is 37.8 Å². The van der Waals surface area contributed by atoms with Crippen molar-refractivity contribution in [1.29, 1.82) is 0 Å². The van der Waals surface area contributed by atoms with Gasteiger partial charge in [-0.1, -0.05) is 20.8 Å². The minimum Gasteiger partial charge on any atom is -0.408 e. The fourth-order valence-electron chi connectivity index (χ4n) is 2.50. The second-order valence-corrected chi connectivity index (χ2v) is 8.21. The molecule has 3 heteroatoms. The Balaban J connectivity index is 2.99. The number of hydrogen-bond acceptors (Lipinski definition) is 2. The van der Waals surface area contributed by atoms with Crippen molar-refractivity contribution in [3.8, 4) is 0 Å². The van der Waals surface area contributed by atoms with Crippen LogP contribution in [0.5, 0.6) is 0 Å². The Kier molecular flexibility index (Phi) is 3.77. The molecule has 0 spiro atoms. The molecule has 0 heterocycles. The second-order valence-electron chi connectivity index (χ2n) is 5.87. The van der Waals surface area contributed by atoms with Crippen LogP contribution in [-0.2, 0) is 9.22 Å². The Morgan fingerprint density at radius 2 is 1.87 bits per heavy atom. The molecule has 0 radical (unpaired) electrons. The van der Waals surface area contributed by atoms with Gasteiger partial charge in [-0.3, -0.25) is 4.79 Å². The van der Waals surface area contributed by atoms with Crippen molar-refractivity contribution in [3.63, 3.8) is 0 Å². The van der Waals surface area contributed by atoms with E-state index in [-0.39, 0.29) is 5.41 Å². The predicted octanol–water partition coefficient (Wildman–Crippen LogP) is 2.91. The molecule has 0 aromatic heterocycles. The maximum Gasteiger partial charge on any atom is 0.172 e. The third-order valence-corrected chi connectivity index (χ3v) is 4.16. The zero-order chi connectivity index (χ0) is 11.7. The van der Waals surface area contributed by atoms with Gasteiger partial charge in [0.25, 0.3) is 0 Å². The third kappa shape index (κ3) is 2.51. The average Bonchev–Trinajstić information content (AvgIpc) is 2.06. The largest absolute Gasteiger partial charge is 0.408 e. The van der Waals surface area contributed by atoms with E-state index < -0.39 is 14.6 Å². The summed E-state index contributed by atoms with van der Waals surface area (Å²) in [5.41, 5.74) is -0.548. The second kappa shape index (κ2) is 4.38. The number of rotatable bonds is 2. The van der Waals surface area contributed by atoms with Gasteiger partial charge in [0.2, 0.25) is 0 Å². The minimum atomic E-state index is -1.17. The molecule has 1 saturated carbocycles. The molecule has 1 atom stereocenters. The van der Waals surface area contributed by atoms with Gasteiger partial charge in [0.1, 0.15) is 5.60 Å². The molecule has 1 aliphatic carbocycles. The number of Topliss-reactive ketones (excluding diaryl/α,β-unsaturated/α-hetero) is 1. The summed E-state index contributed by atoms with van der Waals surface area (Å²) >= 11 is 0. The molecule has 0 bridgehead atoms. The molecule has 1 rings (SSSR count). The maximum atomic E-state index is 12.2. The molecule has 2 nitrogen and oxygen atoms in total. The molecule has 0 saturated heterocycles. The van der Waals surface area contributed by atoms with Gasteiger partial charge in [0, 0.05) is 6.42 Å². The summed E-state index contributed by atoms with van der Waals surface area (Å²) in [7, 11) is -1.17. The monoisotopic (exact) mass is 228 g/mol. The van der Waals surface area contributed by atoms with Gasteiger partial charge < -0.3 is 4.43 Å². The van der Waals surface area contributed by atoms with Crippen LogP contribution in [0, 0.1) is 5.41 Å². The molecular formula is C12H24O2Si. The smallest absolute Gasteiger partial charge is 0.172 e. The lowest BCUT2D eigenvalue weighted by atomic mass is 9.67. The third-order valence-electron chi connectivity index (χ3n) is 3.28. The van der Waals surface area contributed by atoms with Gasteiger partial charge in [0.05, 0.1) is 0 Å². The number of hydrogen-bond donors (Lipinski definition) is 0. The first-order valence-corrected chi connectivity index (χ1v) is 8.79. The molecule has 1 aliphatic rings. The summed E-state index contributed by atoms with van der Waals surface area (Å²) in [6, 6.07) is 0. The SMILES string of the molecule is C[SiH](C)OC1(C(C)(C)C)CCCCC1=O. The summed E-state index contributed by atoms with van der Waals surface area (Å²) in [4.78, 5) is 12.2. The van der Waals surface area contributed by atoms with Gasteiger partial charge in [-0.15, -0.1) is 0 Å². The van der Waals surface area contributed by atoms with Crippen LogP contribution >= 0.6 is 0 Å². The summed E-state index contributed by atoms with van der Waals surface area (Å²) in [5.74, 6) is 0.336. The topological polar surface area (TPSA) is 26.3 Å². The van der Waals surface area contributed by atoms with Crippen LogP contribution in [0.3, 0.4) is 0 Å². The average molecular weight is 228 g/mol. The first kappa shape index (κ1) is 12.9. The Bertz CT molecular complexity index is 242. The van der Waals surface area contributed by atoms with E-state index >= 15 is 0 Å². The Morgan fingerprint density at radius 1 is 1.27 bits per heavy atom. The molecule has 15 heavy (non-hydrogen) atoms. The van der Waals surface area contributed by atoms with Crippen molar-refractivity contribution in [1.82, 2.24) is 0 Å². The fourth-order valence-corrected chi connectivity index (χ4v) is 3.91. The molecule has 0 aromatic carbocycles. The molecule has 0 amide bonds. The van der Waals surface area contributed by atoms with E-state index in [1.165, 1.54) is 0 Å². The van der Waals surface area contributed by atoms with Crippen LogP contribution < -0.4 is 0 Å². The summed E-state index contributed by atoms with van der Waals surface area (Å²) in [6.45, 7) is 10.7. The van der Waals surface area contributed by atoms with E-state index in [2.05, 4.69) is 33.9 Å². The van der Waals surface area contributed by atoms with E-state index in [1.54, 1.807) is 0 Å². The molecule has 0 aliphatic heterocycles. The Labute approximate surface area is 95.1 Å². The molecule has 1 fully saturated rings. The van der Waals surface area contributed by atoms with E-state index in [9.17, 15) is 4.79 Å². The van der Waals surface area contributed by atoms with Crippen LogP contribution in [0.25, 0.3) is 0 Å². The zero-order valence-corrected chi connectivity index (χ0v) is 11.9. The van der Waals surface area contributed by atoms with Crippen LogP contribution in [0.1, 0.15) is 46.5 Å². The quantitative estimate of drug-likeness (QED) is 0.679. The summed E-state index contributed by atoms with van der Waals surface area (Å²) in [5, 5.41) is 0. The van der Waals surface area contributed by atoms with E-state index in [0.717, 1.165) is 19.3 Å². The lowest BCUT2D eigenvalue weighted by Gasteiger charge is -2.47. The minimum absolute atomic E-state index is 0.0677. The van der Waals surface area contributed by atoms with Gasteiger partial charge in [0.15, 0.2) is 14.8 Å². The standard InChI is InChI=1S/C12H24O2Si/c1-11(2,3)12(14-15(4)5)9-7-6-8-10(12)13/h15H,6-9H2,1-5H3. The Morgan fingerprint density at radius 3 is 2.27 bits per heavy atom. The first-order chi connectivity index (χ1) is 6.79. The highest BCUT2D eigenvalue weighted by atomic mass is 28.3. The van der Waals surface area contributed by atoms with Crippen molar-refractivity contribution < 1.29 is 9.22 Å². The number of ketones is 1. The predicted molar refractivity (Wildman–Crippen MR) is 65.6 cm³/mol. The van der Waals surface area contributed by atoms with Crippen LogP contribution in [-0.4, -0.2) is 20.4 Å². The highest BCUT2D eigenvalue weighted by Crippen LogP contribution is 2.43. The molecule has 0 N–H and O–H groups in total. The lowest BCUT2D eigenvalue weighted by molar-refractivity contribution is -0.150. The van der Waals surface area contributed by atoms with E-state index in [4.69, 9.17) is 4.43 Å². The summed E-state index contributed by atoms with van der Waals surface area (Å²) in [6.07, 6.45) is 3.79. The van der Waals surface area contributed by atoms with E-state index in [1.807, 2.05) is 0 Å². The zero-order valence-electron chi connectivity index (χ0n) is 10.7. The normalized spacial score (nSPS) is 28.5. The van der Waals surface area contributed by atoms with Gasteiger partial charge in [-0.2, -0.15) is 0 Å². The van der Waals surface area contributed by atoms with Crippen LogP contribution in [0.4, 0.5) is 0 Å². The van der Waals surface area contributed by atoms with Crippen molar-refractivity contribution >= 4 is 14.8 Å².